The molecule has 5 nitrogen and oxygen atoms in total. The Kier molecular flexibility index (Phi) is 4.89. The quantitative estimate of drug-likeness (QED) is 0.520. The van der Waals surface area contributed by atoms with E-state index in [2.05, 4.69) is 5.32 Å². The van der Waals surface area contributed by atoms with E-state index in [1.54, 1.807) is 30.3 Å². The Morgan fingerprint density at radius 3 is 2.33 bits per heavy atom. The molecular formula is C14H11FN2O3S. The number of nitrogens with one attached hydrogen (secondary N) is 1. The normalized spacial score (nSPS) is 11.7. The first-order chi connectivity index (χ1) is 10.1. The molecule has 0 aliphatic carbocycles. The average Bonchev–Trinajstić information content (AvgIpc) is 2.48. The van der Waals surface area contributed by atoms with Gasteiger partial charge < -0.3 is 5.32 Å². The van der Waals surface area contributed by atoms with Crippen LogP contribution in [0.15, 0.2) is 59.5 Å². The second kappa shape index (κ2) is 6.85. The number of nitro benzene ring substituents is 1. The van der Waals surface area contributed by atoms with Crippen LogP contribution in [0.3, 0.4) is 0 Å². The minimum absolute atomic E-state index is 0.0940. The molecule has 0 heterocycles. The Hall–Kier alpha value is -2.41. The Labute approximate surface area is 124 Å². The fraction of sp³-hybridized carbons (Fsp3) is 0.0714. The second-order valence-electron chi connectivity index (χ2n) is 4.04. The van der Waals surface area contributed by atoms with Crippen molar-refractivity contribution >= 4 is 29.0 Å². The van der Waals surface area contributed by atoms with Crippen LogP contribution in [0.4, 0.5) is 15.8 Å². The largest absolute Gasteiger partial charge is 0.323 e. The van der Waals surface area contributed by atoms with E-state index < -0.39 is 16.3 Å². The van der Waals surface area contributed by atoms with Crippen LogP contribution in [0, 0.1) is 10.1 Å². The molecule has 2 rings (SSSR count). The van der Waals surface area contributed by atoms with Crippen molar-refractivity contribution in [1.82, 2.24) is 0 Å². The van der Waals surface area contributed by atoms with Crippen molar-refractivity contribution in [2.45, 2.75) is 10.4 Å². The number of non-ortho nitro benzene ring substituents is 1. The Morgan fingerprint density at radius 1 is 1.14 bits per heavy atom. The van der Waals surface area contributed by atoms with E-state index in [0.717, 1.165) is 11.8 Å². The van der Waals surface area contributed by atoms with Crippen LogP contribution >= 0.6 is 11.8 Å². The number of carbonyl (C=O) groups is 1. The number of nitrogens with zero attached hydrogens (tertiary/aromatic N) is 1. The van der Waals surface area contributed by atoms with Gasteiger partial charge in [0.1, 0.15) is 0 Å². The van der Waals surface area contributed by atoms with Crippen molar-refractivity contribution in [3.8, 4) is 0 Å². The van der Waals surface area contributed by atoms with E-state index in [4.69, 9.17) is 0 Å². The maximum absolute atomic E-state index is 13.8. The summed E-state index contributed by atoms with van der Waals surface area (Å²) < 4.78 is 13.8. The van der Waals surface area contributed by atoms with Crippen molar-refractivity contribution in [2.75, 3.05) is 5.32 Å². The fourth-order valence-electron chi connectivity index (χ4n) is 1.54. The molecule has 2 aromatic rings. The van der Waals surface area contributed by atoms with E-state index in [-0.39, 0.29) is 5.69 Å². The molecule has 0 fully saturated rings. The van der Waals surface area contributed by atoms with Gasteiger partial charge >= 0.3 is 0 Å². The number of halogens is 1. The zero-order chi connectivity index (χ0) is 15.2. The number of thioether (sulfide) groups is 1. The summed E-state index contributed by atoms with van der Waals surface area (Å²) >= 11 is 0.792. The average molecular weight is 306 g/mol. The lowest BCUT2D eigenvalue weighted by Crippen LogP contribution is -2.21. The summed E-state index contributed by atoms with van der Waals surface area (Å²) in [5, 5.41) is 12.9. The van der Waals surface area contributed by atoms with Gasteiger partial charge in [0.05, 0.1) is 4.92 Å². The number of hydrogen-bond donors (Lipinski definition) is 1. The van der Waals surface area contributed by atoms with Gasteiger partial charge in [-0.05, 0) is 24.3 Å². The van der Waals surface area contributed by atoms with E-state index in [9.17, 15) is 19.3 Å². The van der Waals surface area contributed by atoms with Crippen LogP contribution < -0.4 is 5.32 Å². The van der Waals surface area contributed by atoms with E-state index in [1.807, 2.05) is 0 Å². The molecule has 1 atom stereocenters. The molecule has 7 heteroatoms. The molecular weight excluding hydrogens is 295 g/mol. The van der Waals surface area contributed by atoms with Crippen molar-refractivity contribution < 1.29 is 14.1 Å². The van der Waals surface area contributed by atoms with Gasteiger partial charge in [-0.2, -0.15) is 0 Å². The summed E-state index contributed by atoms with van der Waals surface area (Å²) in [5.74, 6) is -0.808. The van der Waals surface area contributed by atoms with Gasteiger partial charge in [0.15, 0.2) is 0 Å². The van der Waals surface area contributed by atoms with Crippen LogP contribution in [-0.2, 0) is 4.79 Å². The van der Waals surface area contributed by atoms with Crippen molar-refractivity contribution in [3.63, 3.8) is 0 Å². The highest BCUT2D eigenvalue weighted by atomic mass is 32.2. The first-order valence-electron chi connectivity index (χ1n) is 5.97. The molecule has 21 heavy (non-hydrogen) atoms. The van der Waals surface area contributed by atoms with Crippen LogP contribution in [-0.4, -0.2) is 16.3 Å². The summed E-state index contributed by atoms with van der Waals surface area (Å²) in [6.45, 7) is 0. The molecule has 1 unspecified atom stereocenters. The van der Waals surface area contributed by atoms with E-state index in [0.29, 0.717) is 10.6 Å². The summed E-state index contributed by atoms with van der Waals surface area (Å²) in [6.07, 6.45) is 0. The molecule has 108 valence electrons. The highest BCUT2D eigenvalue weighted by Crippen LogP contribution is 2.25. The Morgan fingerprint density at radius 2 is 1.76 bits per heavy atom. The molecule has 0 spiro atoms. The van der Waals surface area contributed by atoms with E-state index >= 15 is 0 Å². The minimum atomic E-state index is -1.76. The molecule has 1 N–H and O–H groups in total. The van der Waals surface area contributed by atoms with Gasteiger partial charge in [0, 0.05) is 22.7 Å². The van der Waals surface area contributed by atoms with Crippen LogP contribution in [0.2, 0.25) is 0 Å². The molecule has 1 amide bonds. The van der Waals surface area contributed by atoms with Crippen molar-refractivity contribution in [1.29, 1.82) is 0 Å². The third-order valence-electron chi connectivity index (χ3n) is 2.53. The number of hydrogen-bond acceptors (Lipinski definition) is 4. The number of alkyl halides is 1. The van der Waals surface area contributed by atoms with Gasteiger partial charge in [-0.1, -0.05) is 30.0 Å². The monoisotopic (exact) mass is 306 g/mol. The summed E-state index contributed by atoms with van der Waals surface area (Å²) in [7, 11) is 0. The van der Waals surface area contributed by atoms with E-state index in [1.165, 1.54) is 24.3 Å². The van der Waals surface area contributed by atoms with Gasteiger partial charge in [-0.25, -0.2) is 4.39 Å². The number of anilines is 1. The number of benzene rings is 2. The molecule has 2 aromatic carbocycles. The minimum Gasteiger partial charge on any atom is -0.323 e. The fourth-order valence-corrected chi connectivity index (χ4v) is 2.26. The standard InChI is InChI=1S/C14H11FN2O3S/c15-13(21-12-4-2-1-3-5-12)14(18)16-10-6-8-11(9-7-10)17(19)20/h1-9,13H,(H,16,18). The lowest BCUT2D eigenvalue weighted by molar-refractivity contribution is -0.384. The zero-order valence-corrected chi connectivity index (χ0v) is 11.5. The maximum atomic E-state index is 13.8. The molecule has 0 radical (unpaired) electrons. The Balaban J connectivity index is 1.95. The van der Waals surface area contributed by atoms with Crippen LogP contribution in [0.5, 0.6) is 0 Å². The van der Waals surface area contributed by atoms with Crippen molar-refractivity contribution in [3.05, 3.63) is 64.7 Å². The summed E-state index contributed by atoms with van der Waals surface area (Å²) in [5.41, 5.74) is -1.55. The van der Waals surface area contributed by atoms with Crippen LogP contribution in [0.25, 0.3) is 0 Å². The molecule has 0 aliphatic rings. The smallest absolute Gasteiger partial charge is 0.269 e. The zero-order valence-electron chi connectivity index (χ0n) is 10.7. The molecule has 0 aromatic heterocycles. The highest BCUT2D eigenvalue weighted by Gasteiger charge is 2.19. The molecule has 0 saturated heterocycles. The number of rotatable bonds is 5. The molecule has 0 bridgehead atoms. The molecule has 0 aliphatic heterocycles. The predicted octanol–water partition coefficient (Wildman–Crippen LogP) is 3.62. The SMILES string of the molecule is O=C(Nc1ccc([N+](=O)[O-])cc1)C(F)Sc1ccccc1. The third-order valence-corrected chi connectivity index (χ3v) is 3.50. The highest BCUT2D eigenvalue weighted by molar-refractivity contribution is 8.00. The molecule has 0 saturated carbocycles. The topological polar surface area (TPSA) is 72.2 Å². The van der Waals surface area contributed by atoms with Crippen molar-refractivity contribution in [2.24, 2.45) is 0 Å². The second-order valence-corrected chi connectivity index (χ2v) is 5.16. The van der Waals surface area contributed by atoms with Gasteiger partial charge in [-0.3, -0.25) is 14.9 Å². The van der Waals surface area contributed by atoms with Gasteiger partial charge in [-0.15, -0.1) is 0 Å². The van der Waals surface area contributed by atoms with Gasteiger partial charge in [0.25, 0.3) is 11.6 Å². The first-order valence-corrected chi connectivity index (χ1v) is 6.85. The number of nitro groups is 1. The number of amides is 1. The van der Waals surface area contributed by atoms with Gasteiger partial charge in [0.2, 0.25) is 5.50 Å². The Bertz CT molecular complexity index is 634. The predicted molar refractivity (Wildman–Crippen MR) is 78.9 cm³/mol. The maximum Gasteiger partial charge on any atom is 0.269 e. The third kappa shape index (κ3) is 4.28. The first kappa shape index (κ1) is 15.0. The summed E-state index contributed by atoms with van der Waals surface area (Å²) in [6, 6.07) is 13.9. The van der Waals surface area contributed by atoms with Crippen LogP contribution in [0.1, 0.15) is 0 Å². The lowest BCUT2D eigenvalue weighted by atomic mass is 10.3. The number of carbonyl (C=O) groups excluding carboxylic acids is 1. The summed E-state index contributed by atoms with van der Waals surface area (Å²) in [4.78, 5) is 22.3. The lowest BCUT2D eigenvalue weighted by Gasteiger charge is -2.09.